The van der Waals surface area contributed by atoms with Crippen LogP contribution in [-0.2, 0) is 28.4 Å². The lowest BCUT2D eigenvalue weighted by Crippen LogP contribution is -2.45. The molecule has 30 heavy (non-hydrogen) atoms. The van der Waals surface area contributed by atoms with Crippen molar-refractivity contribution in [3.63, 3.8) is 0 Å². The largest absolute Gasteiger partial charge is 0.453 e. The van der Waals surface area contributed by atoms with E-state index in [1.807, 2.05) is 64.1 Å². The van der Waals surface area contributed by atoms with Gasteiger partial charge in [-0.15, -0.1) is 0 Å². The lowest BCUT2D eigenvalue weighted by Gasteiger charge is -2.28. The molecule has 0 saturated carbocycles. The van der Waals surface area contributed by atoms with Crippen LogP contribution in [0.2, 0.25) is 0 Å². The molecule has 3 aliphatic rings. The van der Waals surface area contributed by atoms with E-state index < -0.39 is 48.2 Å². The maximum atomic E-state index is 13.2. The van der Waals surface area contributed by atoms with Crippen molar-refractivity contribution in [1.29, 1.82) is 0 Å². The van der Waals surface area contributed by atoms with Crippen molar-refractivity contribution in [3.8, 4) is 0 Å². The van der Waals surface area contributed by atoms with Crippen LogP contribution in [-0.4, -0.2) is 54.9 Å². The van der Waals surface area contributed by atoms with E-state index in [0.717, 1.165) is 10.8 Å². The topological polar surface area (TPSA) is 72.5 Å². The molecule has 0 aromatic heterocycles. The van der Waals surface area contributed by atoms with Gasteiger partial charge in [0.2, 0.25) is 0 Å². The molecule has 3 aliphatic heterocycles. The summed E-state index contributed by atoms with van der Waals surface area (Å²) in [4.78, 5) is 13.2. The highest BCUT2D eigenvalue weighted by atomic mass is 16.8. The van der Waals surface area contributed by atoms with Gasteiger partial charge in [-0.1, -0.05) is 36.4 Å². The number of hydrogen-bond acceptors (Lipinski definition) is 7. The van der Waals surface area contributed by atoms with E-state index in [-0.39, 0.29) is 0 Å². The number of esters is 1. The number of ether oxygens (including phenoxy) is 6. The van der Waals surface area contributed by atoms with Gasteiger partial charge in [-0.05, 0) is 44.5 Å². The van der Waals surface area contributed by atoms with Gasteiger partial charge in [0.25, 0.3) is 0 Å². The van der Waals surface area contributed by atoms with Gasteiger partial charge in [-0.25, -0.2) is 4.79 Å². The van der Waals surface area contributed by atoms with Crippen LogP contribution in [0.15, 0.2) is 42.5 Å². The van der Waals surface area contributed by atoms with Crippen molar-refractivity contribution in [2.75, 3.05) is 6.61 Å². The Morgan fingerprint density at radius 3 is 2.47 bits per heavy atom. The minimum atomic E-state index is -0.823. The van der Waals surface area contributed by atoms with Crippen molar-refractivity contribution in [2.24, 2.45) is 0 Å². The van der Waals surface area contributed by atoms with Crippen molar-refractivity contribution in [1.82, 2.24) is 0 Å². The average molecular weight is 414 g/mol. The summed E-state index contributed by atoms with van der Waals surface area (Å²) in [6, 6.07) is 13.3. The molecule has 0 unspecified atom stereocenters. The first-order valence-corrected chi connectivity index (χ1v) is 10.2. The molecule has 3 saturated heterocycles. The number of rotatable bonds is 3. The second-order valence-corrected chi connectivity index (χ2v) is 8.83. The molecule has 5 atom stereocenters. The number of carbonyl (C=O) groups is 1. The van der Waals surface area contributed by atoms with Crippen molar-refractivity contribution >= 4 is 16.7 Å². The minimum absolute atomic E-state index is 0.336. The highest BCUT2D eigenvalue weighted by Gasteiger charge is 2.60. The average Bonchev–Trinajstić information content (AvgIpc) is 3.31. The van der Waals surface area contributed by atoms with E-state index in [9.17, 15) is 4.79 Å². The van der Waals surface area contributed by atoms with Gasteiger partial charge < -0.3 is 28.4 Å². The standard InChI is InChI=1S/C23H26O7/c1-22(2)25-12-16(28-22)17-18(19-21(27-17)30-23(3,4)29-19)26-20(24)15-11-7-9-13-8-5-6-10-14(13)15/h5-11,16-19,21H,12H2,1-4H3/t16-,17-,18+,19-,21-/m1/s1. The van der Waals surface area contributed by atoms with Gasteiger partial charge in [0.1, 0.15) is 12.2 Å². The number of carbonyl (C=O) groups excluding carboxylic acids is 1. The molecule has 5 rings (SSSR count). The van der Waals surface area contributed by atoms with E-state index in [0.29, 0.717) is 12.2 Å². The van der Waals surface area contributed by atoms with Crippen LogP contribution in [0.5, 0.6) is 0 Å². The Morgan fingerprint density at radius 1 is 0.933 bits per heavy atom. The molecule has 0 bridgehead atoms. The summed E-state index contributed by atoms with van der Waals surface area (Å²) in [6.45, 7) is 7.64. The van der Waals surface area contributed by atoms with Crippen LogP contribution >= 0.6 is 0 Å². The molecule has 7 heteroatoms. The first kappa shape index (κ1) is 19.9. The fraction of sp³-hybridized carbons (Fsp3) is 0.522. The fourth-order valence-corrected chi connectivity index (χ4v) is 4.41. The van der Waals surface area contributed by atoms with E-state index in [4.69, 9.17) is 28.4 Å². The SMILES string of the molecule is CC1(C)O[C@H]2O[C@H]([C@H]3COC(C)(C)O3)[C@H](OC(=O)c3cccc4ccccc34)[C@H]2O1. The van der Waals surface area contributed by atoms with Crippen LogP contribution in [0.25, 0.3) is 10.8 Å². The number of fused-ring (bicyclic) bond motifs is 2. The van der Waals surface area contributed by atoms with Crippen LogP contribution in [0.4, 0.5) is 0 Å². The van der Waals surface area contributed by atoms with E-state index in [1.165, 1.54) is 0 Å². The predicted molar refractivity (Wildman–Crippen MR) is 107 cm³/mol. The molecule has 0 N–H and O–H groups in total. The molecule has 3 heterocycles. The normalized spacial score (nSPS) is 34.2. The van der Waals surface area contributed by atoms with Gasteiger partial charge >= 0.3 is 5.97 Å². The summed E-state index contributed by atoms with van der Waals surface area (Å²) in [5, 5.41) is 1.81. The molecule has 0 spiro atoms. The zero-order valence-corrected chi connectivity index (χ0v) is 17.5. The van der Waals surface area contributed by atoms with E-state index in [2.05, 4.69) is 0 Å². The first-order valence-electron chi connectivity index (χ1n) is 10.2. The highest BCUT2D eigenvalue weighted by Crippen LogP contribution is 2.42. The third kappa shape index (κ3) is 3.50. The third-order valence-electron chi connectivity index (χ3n) is 5.68. The Hall–Kier alpha value is -2.03. The number of hydrogen-bond donors (Lipinski definition) is 0. The molecule has 7 nitrogen and oxygen atoms in total. The molecule has 3 fully saturated rings. The highest BCUT2D eigenvalue weighted by molar-refractivity contribution is 6.04. The fourth-order valence-electron chi connectivity index (χ4n) is 4.41. The van der Waals surface area contributed by atoms with Gasteiger partial charge in [0.15, 0.2) is 30.1 Å². The van der Waals surface area contributed by atoms with Gasteiger partial charge in [-0.2, -0.15) is 0 Å². The second-order valence-electron chi connectivity index (χ2n) is 8.83. The van der Waals surface area contributed by atoms with E-state index in [1.54, 1.807) is 6.07 Å². The summed E-state index contributed by atoms with van der Waals surface area (Å²) in [5.74, 6) is -1.98. The van der Waals surface area contributed by atoms with Gasteiger partial charge in [0, 0.05) is 0 Å². The summed E-state index contributed by atoms with van der Waals surface area (Å²) < 4.78 is 35.7. The van der Waals surface area contributed by atoms with Crippen molar-refractivity contribution in [3.05, 3.63) is 48.0 Å². The molecule has 0 radical (unpaired) electrons. The Morgan fingerprint density at radius 2 is 1.70 bits per heavy atom. The number of benzene rings is 2. The van der Waals surface area contributed by atoms with Crippen LogP contribution in [0.1, 0.15) is 38.1 Å². The van der Waals surface area contributed by atoms with Gasteiger partial charge in [0.05, 0.1) is 12.2 Å². The predicted octanol–water partition coefficient (Wildman–Crippen LogP) is 3.39. The molecule has 0 amide bonds. The zero-order valence-electron chi connectivity index (χ0n) is 17.5. The van der Waals surface area contributed by atoms with Crippen LogP contribution < -0.4 is 0 Å². The summed E-state index contributed by atoms with van der Waals surface area (Å²) >= 11 is 0. The Balaban J connectivity index is 1.43. The maximum Gasteiger partial charge on any atom is 0.339 e. The molecule has 0 aliphatic carbocycles. The summed E-state index contributed by atoms with van der Waals surface area (Å²) in [6.07, 6.45) is -2.83. The lowest BCUT2D eigenvalue weighted by atomic mass is 10.0. The first-order chi connectivity index (χ1) is 14.2. The second kappa shape index (κ2) is 7.00. The summed E-state index contributed by atoms with van der Waals surface area (Å²) in [5.41, 5.74) is 0.498. The maximum absolute atomic E-state index is 13.2. The van der Waals surface area contributed by atoms with E-state index >= 15 is 0 Å². The molecule has 2 aromatic carbocycles. The van der Waals surface area contributed by atoms with Crippen LogP contribution in [0, 0.1) is 0 Å². The molecular formula is C23H26O7. The molecule has 160 valence electrons. The van der Waals surface area contributed by atoms with Crippen LogP contribution in [0.3, 0.4) is 0 Å². The monoisotopic (exact) mass is 414 g/mol. The van der Waals surface area contributed by atoms with Crippen molar-refractivity contribution < 1.29 is 33.2 Å². The lowest BCUT2D eigenvalue weighted by molar-refractivity contribution is -0.232. The Bertz CT molecular complexity index is 964. The summed E-state index contributed by atoms with van der Waals surface area (Å²) in [7, 11) is 0. The minimum Gasteiger partial charge on any atom is -0.453 e. The Labute approximate surface area is 175 Å². The molecule has 2 aromatic rings. The smallest absolute Gasteiger partial charge is 0.339 e. The third-order valence-corrected chi connectivity index (χ3v) is 5.68. The van der Waals surface area contributed by atoms with Gasteiger partial charge in [-0.3, -0.25) is 0 Å². The quantitative estimate of drug-likeness (QED) is 0.713. The molecular weight excluding hydrogens is 388 g/mol. The van der Waals surface area contributed by atoms with Crippen molar-refractivity contribution in [2.45, 2.75) is 70.0 Å². The zero-order chi connectivity index (χ0) is 21.1. The Kier molecular flexibility index (Phi) is 4.65.